The van der Waals surface area contributed by atoms with E-state index in [2.05, 4.69) is 14.8 Å². The van der Waals surface area contributed by atoms with E-state index in [0.29, 0.717) is 0 Å². The molecule has 1 aliphatic heterocycles. The second-order valence-electron chi connectivity index (χ2n) is 5.42. The molecule has 0 aromatic carbocycles. The van der Waals surface area contributed by atoms with E-state index in [1.807, 2.05) is 0 Å². The second kappa shape index (κ2) is 6.89. The number of methoxy groups -OCH3 is 2. The molecule has 1 heterocycles. The number of hydrogen-bond acceptors (Lipinski definition) is 5. The molecule has 2 amide bonds. The number of carbonyl (C=O) groups excluding carboxylic acids is 3. The Balaban J connectivity index is 2.99. The summed E-state index contributed by atoms with van der Waals surface area (Å²) in [5, 5.41) is 2.30. The summed E-state index contributed by atoms with van der Waals surface area (Å²) in [6.45, 7) is 2.39. The molecular weight excluding hydrogens is 302 g/mol. The molecule has 1 aliphatic rings. The largest absolute Gasteiger partial charge is 0.467 e. The van der Waals surface area contributed by atoms with Crippen LogP contribution in [0.3, 0.4) is 0 Å². The maximum atomic E-state index is 13.6. The quantitative estimate of drug-likeness (QED) is 0.773. The fourth-order valence-electron chi connectivity index (χ4n) is 2.27. The van der Waals surface area contributed by atoms with Crippen molar-refractivity contribution < 1.29 is 32.6 Å². The number of rotatable bonds is 4. The molecule has 0 aliphatic carbocycles. The van der Waals surface area contributed by atoms with Crippen molar-refractivity contribution in [3.8, 4) is 0 Å². The van der Waals surface area contributed by atoms with Gasteiger partial charge in [0.05, 0.1) is 20.8 Å². The normalized spacial score (nSPS) is 21.4. The second-order valence-corrected chi connectivity index (χ2v) is 5.42. The van der Waals surface area contributed by atoms with Gasteiger partial charge in [-0.05, 0) is 5.92 Å². The number of nitrogens with one attached hydrogen (secondary N) is 1. The molecule has 0 radical (unpaired) electrons. The summed E-state index contributed by atoms with van der Waals surface area (Å²) < 4.78 is 36.1. The van der Waals surface area contributed by atoms with Crippen molar-refractivity contribution >= 4 is 18.0 Å². The number of amides is 2. The van der Waals surface area contributed by atoms with Gasteiger partial charge in [0.2, 0.25) is 5.91 Å². The molecule has 0 aromatic heterocycles. The summed E-state index contributed by atoms with van der Waals surface area (Å²) in [4.78, 5) is 36.2. The Morgan fingerprint density at radius 1 is 1.23 bits per heavy atom. The Labute approximate surface area is 126 Å². The first kappa shape index (κ1) is 18.1. The molecule has 22 heavy (non-hydrogen) atoms. The number of alkyl halides is 2. The Kier molecular flexibility index (Phi) is 5.67. The van der Waals surface area contributed by atoms with Crippen molar-refractivity contribution in [1.82, 2.24) is 10.2 Å². The van der Waals surface area contributed by atoms with Crippen molar-refractivity contribution in [2.75, 3.05) is 20.8 Å². The zero-order chi connectivity index (χ0) is 17.1. The van der Waals surface area contributed by atoms with Crippen LogP contribution in [0.2, 0.25) is 0 Å². The van der Waals surface area contributed by atoms with Gasteiger partial charge in [-0.15, -0.1) is 0 Å². The number of nitrogens with zero attached hydrogens (tertiary/aromatic N) is 1. The zero-order valence-corrected chi connectivity index (χ0v) is 12.9. The molecule has 1 fully saturated rings. The van der Waals surface area contributed by atoms with E-state index in [1.165, 1.54) is 0 Å². The minimum atomic E-state index is -3.18. The Morgan fingerprint density at radius 2 is 1.82 bits per heavy atom. The van der Waals surface area contributed by atoms with E-state index in [4.69, 9.17) is 0 Å². The predicted molar refractivity (Wildman–Crippen MR) is 71.2 cm³/mol. The van der Waals surface area contributed by atoms with Crippen LogP contribution in [-0.2, 0) is 19.1 Å². The summed E-state index contributed by atoms with van der Waals surface area (Å²) in [5.41, 5.74) is 0. The SMILES string of the molecule is COC(=O)NC(C(=O)N1CC(F)(F)CC1C(=O)OC)C(C)C. The molecule has 0 bridgehead atoms. The van der Waals surface area contributed by atoms with Gasteiger partial charge >= 0.3 is 12.1 Å². The fraction of sp³-hybridized carbons (Fsp3) is 0.769. The first-order chi connectivity index (χ1) is 10.1. The number of ether oxygens (including phenoxy) is 2. The lowest BCUT2D eigenvalue weighted by Crippen LogP contribution is -2.54. The summed E-state index contributed by atoms with van der Waals surface area (Å²) in [6.07, 6.45) is -1.65. The van der Waals surface area contributed by atoms with E-state index in [0.717, 1.165) is 19.1 Å². The number of carbonyl (C=O) groups is 3. The third-order valence-corrected chi connectivity index (χ3v) is 3.42. The van der Waals surface area contributed by atoms with Crippen LogP contribution in [0.4, 0.5) is 13.6 Å². The van der Waals surface area contributed by atoms with Crippen molar-refractivity contribution in [3.63, 3.8) is 0 Å². The van der Waals surface area contributed by atoms with Gasteiger partial charge in [-0.1, -0.05) is 13.8 Å². The van der Waals surface area contributed by atoms with Gasteiger partial charge in [0, 0.05) is 6.42 Å². The standard InChI is InChI=1S/C13H20F2N2O5/c1-7(2)9(16-12(20)22-4)10(18)17-6-13(14,15)5-8(17)11(19)21-3/h7-9H,5-6H2,1-4H3,(H,16,20). The number of hydrogen-bond donors (Lipinski definition) is 1. The highest BCUT2D eigenvalue weighted by atomic mass is 19.3. The molecule has 2 unspecified atom stereocenters. The van der Waals surface area contributed by atoms with Gasteiger partial charge in [0.15, 0.2) is 0 Å². The monoisotopic (exact) mass is 322 g/mol. The highest BCUT2D eigenvalue weighted by Gasteiger charge is 2.51. The lowest BCUT2D eigenvalue weighted by Gasteiger charge is -2.29. The van der Waals surface area contributed by atoms with Crippen LogP contribution >= 0.6 is 0 Å². The average molecular weight is 322 g/mol. The maximum Gasteiger partial charge on any atom is 0.407 e. The summed E-state index contributed by atoms with van der Waals surface area (Å²) in [7, 11) is 2.19. The van der Waals surface area contributed by atoms with E-state index in [1.54, 1.807) is 13.8 Å². The molecule has 0 saturated carbocycles. The van der Waals surface area contributed by atoms with E-state index >= 15 is 0 Å². The van der Waals surface area contributed by atoms with Crippen LogP contribution in [0.1, 0.15) is 20.3 Å². The Hall–Kier alpha value is -1.93. The Bertz CT molecular complexity index is 456. The molecule has 7 nitrogen and oxygen atoms in total. The van der Waals surface area contributed by atoms with Crippen molar-refractivity contribution in [2.45, 2.75) is 38.3 Å². The lowest BCUT2D eigenvalue weighted by molar-refractivity contribution is -0.151. The minimum absolute atomic E-state index is 0.376. The summed E-state index contributed by atoms with van der Waals surface area (Å²) in [5.74, 6) is -5.24. The van der Waals surface area contributed by atoms with E-state index in [-0.39, 0.29) is 5.92 Å². The summed E-state index contributed by atoms with van der Waals surface area (Å²) >= 11 is 0. The van der Waals surface area contributed by atoms with Crippen molar-refractivity contribution in [1.29, 1.82) is 0 Å². The van der Waals surface area contributed by atoms with Crippen LogP contribution in [0.15, 0.2) is 0 Å². The van der Waals surface area contributed by atoms with Crippen LogP contribution in [-0.4, -0.2) is 61.6 Å². The molecule has 126 valence electrons. The number of halogens is 2. The smallest absolute Gasteiger partial charge is 0.407 e. The fourth-order valence-corrected chi connectivity index (χ4v) is 2.27. The number of esters is 1. The number of alkyl carbamates (subject to hydrolysis) is 1. The average Bonchev–Trinajstić information content (AvgIpc) is 2.78. The molecule has 1 N–H and O–H groups in total. The molecule has 1 saturated heterocycles. The Morgan fingerprint density at radius 3 is 2.27 bits per heavy atom. The van der Waals surface area contributed by atoms with Crippen molar-refractivity contribution in [3.05, 3.63) is 0 Å². The van der Waals surface area contributed by atoms with Crippen LogP contribution in [0, 0.1) is 5.92 Å². The molecule has 0 spiro atoms. The van der Waals surface area contributed by atoms with E-state index < -0.39 is 48.9 Å². The predicted octanol–water partition coefficient (Wildman–Crippen LogP) is 0.776. The first-order valence-electron chi connectivity index (χ1n) is 6.73. The molecule has 2 atom stereocenters. The third-order valence-electron chi connectivity index (χ3n) is 3.42. The molecule has 9 heteroatoms. The first-order valence-corrected chi connectivity index (χ1v) is 6.73. The maximum absolute atomic E-state index is 13.6. The van der Waals surface area contributed by atoms with Crippen molar-refractivity contribution in [2.24, 2.45) is 5.92 Å². The molecule has 0 aromatic rings. The molecular formula is C13H20F2N2O5. The summed E-state index contributed by atoms with van der Waals surface area (Å²) in [6, 6.07) is -2.44. The topological polar surface area (TPSA) is 84.9 Å². The van der Waals surface area contributed by atoms with E-state index in [9.17, 15) is 23.2 Å². The highest BCUT2D eigenvalue weighted by molar-refractivity contribution is 5.90. The zero-order valence-electron chi connectivity index (χ0n) is 12.9. The van der Waals surface area contributed by atoms with Gasteiger partial charge in [0.25, 0.3) is 5.92 Å². The van der Waals surface area contributed by atoms with Gasteiger partial charge in [-0.25, -0.2) is 18.4 Å². The minimum Gasteiger partial charge on any atom is -0.467 e. The number of likely N-dealkylation sites (tertiary alicyclic amines) is 1. The van der Waals surface area contributed by atoms with Gasteiger partial charge < -0.3 is 19.7 Å². The lowest BCUT2D eigenvalue weighted by atomic mass is 10.0. The van der Waals surface area contributed by atoms with Crippen LogP contribution < -0.4 is 5.32 Å². The van der Waals surface area contributed by atoms with Gasteiger partial charge in [-0.3, -0.25) is 4.79 Å². The molecule has 1 rings (SSSR count). The van der Waals surface area contributed by atoms with Crippen LogP contribution in [0.5, 0.6) is 0 Å². The third kappa shape index (κ3) is 4.05. The van der Waals surface area contributed by atoms with Gasteiger partial charge in [-0.2, -0.15) is 0 Å². The van der Waals surface area contributed by atoms with Crippen LogP contribution in [0.25, 0.3) is 0 Å². The van der Waals surface area contributed by atoms with Gasteiger partial charge in [0.1, 0.15) is 12.1 Å². The highest BCUT2D eigenvalue weighted by Crippen LogP contribution is 2.33.